The lowest BCUT2D eigenvalue weighted by molar-refractivity contribution is -0.125. The molecule has 0 bridgehead atoms. The summed E-state index contributed by atoms with van der Waals surface area (Å²) in [6.45, 7) is 6.33. The van der Waals surface area contributed by atoms with Crippen LogP contribution in [0.5, 0.6) is 0 Å². The molecule has 12 nitrogen and oxygen atoms in total. The summed E-state index contributed by atoms with van der Waals surface area (Å²) in [4.78, 5) is 65.6. The van der Waals surface area contributed by atoms with Crippen LogP contribution < -0.4 is 10.9 Å². The fraction of sp³-hybridized carbons (Fsp3) is 0.448. The van der Waals surface area contributed by atoms with Crippen LogP contribution in [0.4, 0.5) is 10.5 Å². The number of H-pyrrole nitrogens is 1. The normalized spacial score (nSPS) is 12.1. The summed E-state index contributed by atoms with van der Waals surface area (Å²) in [5.74, 6) is 0.356. The maximum Gasteiger partial charge on any atom is 0.410 e. The quantitative estimate of drug-likeness (QED) is 0.340. The molecule has 2 N–H and O–H groups in total. The number of nitrogens with one attached hydrogen (secondary N) is 2. The lowest BCUT2D eigenvalue weighted by Crippen LogP contribution is -2.37. The number of hydrogen-bond donors (Lipinski definition) is 2. The van der Waals surface area contributed by atoms with Crippen LogP contribution in [0.3, 0.4) is 0 Å². The van der Waals surface area contributed by atoms with E-state index >= 15 is 0 Å². The van der Waals surface area contributed by atoms with Crippen molar-refractivity contribution in [1.82, 2.24) is 29.3 Å². The Morgan fingerprint density at radius 1 is 1.15 bits per heavy atom. The van der Waals surface area contributed by atoms with E-state index in [9.17, 15) is 19.2 Å². The first-order valence-corrected chi connectivity index (χ1v) is 13.5. The van der Waals surface area contributed by atoms with Gasteiger partial charge in [0.1, 0.15) is 17.2 Å². The number of pyridine rings is 1. The van der Waals surface area contributed by atoms with Crippen molar-refractivity contribution in [3.05, 3.63) is 64.1 Å². The number of rotatable bonds is 11. The third-order valence-corrected chi connectivity index (χ3v) is 6.12. The number of aromatic amines is 1. The molecular weight excluding hydrogens is 526 g/mol. The van der Waals surface area contributed by atoms with E-state index in [0.717, 1.165) is 29.3 Å². The average molecular weight is 566 g/mol. The summed E-state index contributed by atoms with van der Waals surface area (Å²) < 4.78 is 6.82. The van der Waals surface area contributed by atoms with Gasteiger partial charge in [-0.25, -0.2) is 14.8 Å². The Kier molecular flexibility index (Phi) is 10.4. The van der Waals surface area contributed by atoms with Gasteiger partial charge >= 0.3 is 6.09 Å². The van der Waals surface area contributed by atoms with Crippen molar-refractivity contribution in [2.75, 3.05) is 33.5 Å². The number of nitrogens with zero attached hydrogens (tertiary/aromatic N) is 5. The average Bonchev–Trinajstić information content (AvgIpc) is 3.29. The largest absolute Gasteiger partial charge is 0.436 e. The minimum atomic E-state index is -1.18. The minimum Gasteiger partial charge on any atom is -0.436 e. The van der Waals surface area contributed by atoms with Crippen LogP contribution in [0, 0.1) is 12.8 Å². The molecule has 1 atom stereocenters. The number of ether oxygens (including phenoxy) is 1. The monoisotopic (exact) mass is 565 g/mol. The van der Waals surface area contributed by atoms with E-state index in [4.69, 9.17) is 9.72 Å². The summed E-state index contributed by atoms with van der Waals surface area (Å²) in [6, 6.07) is 5.04. The number of amides is 3. The first kappa shape index (κ1) is 31.1. The van der Waals surface area contributed by atoms with Crippen LogP contribution in [0.25, 0.3) is 11.4 Å². The highest BCUT2D eigenvalue weighted by molar-refractivity contribution is 5.95. The number of aromatic nitrogens is 4. The molecule has 0 fully saturated rings. The first-order chi connectivity index (χ1) is 19.3. The number of likely N-dealkylation sites (N-methyl/N-ethyl adjacent to an activating group) is 1. The molecule has 2 aliphatic heterocycles. The molecule has 0 radical (unpaired) electrons. The molecule has 3 heterocycles. The molecule has 3 rings (SSSR count). The molecule has 0 unspecified atom stereocenters. The number of carbonyl (C=O) groups is 3. The molecule has 0 aromatic carbocycles. The van der Waals surface area contributed by atoms with Gasteiger partial charge in [-0.2, -0.15) is 0 Å². The van der Waals surface area contributed by atoms with Crippen molar-refractivity contribution in [2.24, 2.45) is 5.92 Å². The zero-order valence-corrected chi connectivity index (χ0v) is 24.7. The second-order valence-electron chi connectivity index (χ2n) is 10.7. The second-order valence-corrected chi connectivity index (χ2v) is 10.7. The summed E-state index contributed by atoms with van der Waals surface area (Å²) in [5.41, 5.74) is 2.84. The smallest absolute Gasteiger partial charge is 0.410 e. The van der Waals surface area contributed by atoms with Crippen molar-refractivity contribution < 1.29 is 19.1 Å². The molecule has 0 aliphatic carbocycles. The van der Waals surface area contributed by atoms with Gasteiger partial charge in [-0.1, -0.05) is 19.9 Å². The number of carbonyl (C=O) groups excluding carboxylic acids is 3. The van der Waals surface area contributed by atoms with Gasteiger partial charge < -0.3 is 29.4 Å². The van der Waals surface area contributed by atoms with Crippen LogP contribution in [0.1, 0.15) is 43.9 Å². The Hall–Kier alpha value is -4.48. The van der Waals surface area contributed by atoms with Crippen molar-refractivity contribution in [2.45, 2.75) is 52.7 Å². The van der Waals surface area contributed by atoms with E-state index in [2.05, 4.69) is 29.1 Å². The Labute approximate surface area is 239 Å². The Morgan fingerprint density at radius 2 is 1.88 bits per heavy atom. The molecule has 41 heavy (non-hydrogen) atoms. The summed E-state index contributed by atoms with van der Waals surface area (Å²) in [7, 11) is 6.27. The van der Waals surface area contributed by atoms with E-state index in [1.54, 1.807) is 32.4 Å². The molecule has 0 saturated heterocycles. The Morgan fingerprint density at radius 3 is 2.54 bits per heavy atom. The zero-order chi connectivity index (χ0) is 30.3. The highest BCUT2D eigenvalue weighted by Crippen LogP contribution is 2.25. The summed E-state index contributed by atoms with van der Waals surface area (Å²) in [6.07, 6.45) is 3.95. The lowest BCUT2D eigenvalue weighted by atomic mass is 10.1. The third-order valence-electron chi connectivity index (χ3n) is 6.12. The van der Waals surface area contributed by atoms with Crippen LogP contribution >= 0.6 is 0 Å². The fourth-order valence-electron chi connectivity index (χ4n) is 4.07. The van der Waals surface area contributed by atoms with Crippen molar-refractivity contribution in [3.8, 4) is 11.4 Å². The van der Waals surface area contributed by atoms with Crippen molar-refractivity contribution in [3.63, 3.8) is 0 Å². The zero-order valence-electron chi connectivity index (χ0n) is 24.7. The van der Waals surface area contributed by atoms with Gasteiger partial charge in [-0.05, 0) is 56.4 Å². The summed E-state index contributed by atoms with van der Waals surface area (Å²) in [5, 5.41) is 2.61. The molecule has 220 valence electrons. The predicted octanol–water partition coefficient (Wildman–Crippen LogP) is 3.06. The lowest BCUT2D eigenvalue weighted by Gasteiger charge is -2.19. The standard InChI is InChI=1S/C29H39N7O5/c1-18(2)15-22-26-23(31-19(3)30-22)16-20(32-26)17-36-14-10-11-21(28(36)39)33-27(38)24(41-29(40)35(6)7)12-8-9-13-25(37)34(4)5/h9-11,13-14,16,18,24H,8,12,15,17H2,1-7H3,(H,30,31)(H,33,38)/b13-9+/t24-/m0/s1. The second kappa shape index (κ2) is 13.7. The van der Waals surface area contributed by atoms with Gasteiger partial charge in [-0.3, -0.25) is 14.4 Å². The molecule has 1 aromatic heterocycles. The third kappa shape index (κ3) is 8.50. The van der Waals surface area contributed by atoms with E-state index in [1.807, 2.05) is 13.0 Å². The van der Waals surface area contributed by atoms with Crippen molar-refractivity contribution >= 4 is 23.6 Å². The van der Waals surface area contributed by atoms with Gasteiger partial charge in [-0.15, -0.1) is 0 Å². The van der Waals surface area contributed by atoms with Gasteiger partial charge in [0.2, 0.25) is 5.91 Å². The first-order valence-electron chi connectivity index (χ1n) is 13.5. The Balaban J connectivity index is 1.79. The fourth-order valence-corrected chi connectivity index (χ4v) is 4.07. The van der Waals surface area contributed by atoms with Crippen LogP contribution in [-0.2, 0) is 27.3 Å². The predicted molar refractivity (Wildman–Crippen MR) is 156 cm³/mol. The summed E-state index contributed by atoms with van der Waals surface area (Å²) >= 11 is 0. The molecule has 0 saturated carbocycles. The Bertz CT molecular complexity index is 1440. The molecular formula is C29H39N7O5. The molecule has 12 heteroatoms. The van der Waals surface area contributed by atoms with Gasteiger partial charge in [0.05, 0.1) is 23.6 Å². The van der Waals surface area contributed by atoms with E-state index in [1.165, 1.54) is 40.6 Å². The molecule has 2 aliphatic rings. The van der Waals surface area contributed by atoms with Gasteiger partial charge in [0.15, 0.2) is 6.10 Å². The topological polar surface area (TPSA) is 143 Å². The van der Waals surface area contributed by atoms with Crippen LogP contribution in [0.15, 0.2) is 41.3 Å². The van der Waals surface area contributed by atoms with Crippen LogP contribution in [-0.4, -0.2) is 81.5 Å². The molecule has 3 amide bonds. The van der Waals surface area contributed by atoms with E-state index in [-0.39, 0.29) is 24.6 Å². The minimum absolute atomic E-state index is 0.0439. The highest BCUT2D eigenvalue weighted by Gasteiger charge is 2.25. The number of hydrogen-bond acceptors (Lipinski definition) is 7. The molecule has 0 spiro atoms. The van der Waals surface area contributed by atoms with Crippen molar-refractivity contribution in [1.29, 1.82) is 0 Å². The number of anilines is 1. The number of allylic oxidation sites excluding steroid dienone is 1. The maximum atomic E-state index is 13.3. The number of fused-ring (bicyclic) bond motifs is 1. The van der Waals surface area contributed by atoms with E-state index in [0.29, 0.717) is 18.0 Å². The van der Waals surface area contributed by atoms with Gasteiger partial charge in [0, 0.05) is 34.4 Å². The van der Waals surface area contributed by atoms with Crippen LogP contribution in [0.2, 0.25) is 0 Å². The maximum absolute atomic E-state index is 13.3. The van der Waals surface area contributed by atoms with Gasteiger partial charge in [0.25, 0.3) is 11.5 Å². The molecule has 1 aromatic rings. The number of aryl methyl sites for hydroxylation is 1. The highest BCUT2D eigenvalue weighted by atomic mass is 16.6. The SMILES string of the molecule is Cc1nc(CC(C)C)c2nc(Cn3cccc(NC(=O)[C@H](CC/C=C/C(=O)N(C)C)OC(=O)N(C)C)c3=O)cc-2[nH]1. The van der Waals surface area contributed by atoms with E-state index < -0.39 is 23.7 Å².